The van der Waals surface area contributed by atoms with E-state index in [0.29, 0.717) is 0 Å². The minimum absolute atomic E-state index is 0.920. The van der Waals surface area contributed by atoms with Crippen LogP contribution in [0.2, 0.25) is 0 Å². The smallest absolute Gasteiger partial charge is 0.136 e. The number of hydrogen-bond donors (Lipinski definition) is 0. The van der Waals surface area contributed by atoms with Crippen molar-refractivity contribution in [3.63, 3.8) is 0 Å². The molecule has 0 aliphatic heterocycles. The zero-order valence-corrected chi connectivity index (χ0v) is 40.8. The van der Waals surface area contributed by atoms with Gasteiger partial charge in [-0.3, -0.25) is 0 Å². The van der Waals surface area contributed by atoms with Gasteiger partial charge in [-0.2, -0.15) is 0 Å². The SMILES string of the molecule is c1cc2ccc3ccc(-c4ccc(-c5ccc6ccc7cccc8ccc5c6c78)cc4)c4ccc(c1)c2c34.c1ccc(-c2c3ccccc3c(-c3ccc4oc5cc6ccccc6cc5c4c3)c3ccccc23)cc1. The third-order valence-electron chi connectivity index (χ3n) is 16.2. The molecule has 0 aliphatic carbocycles. The summed E-state index contributed by atoms with van der Waals surface area (Å²) in [5.74, 6) is 0. The zero-order chi connectivity index (χ0) is 49.1. The van der Waals surface area contributed by atoms with Crippen molar-refractivity contribution in [2.75, 3.05) is 0 Å². The molecule has 1 nitrogen and oxygen atoms in total. The van der Waals surface area contributed by atoms with Crippen molar-refractivity contribution in [2.24, 2.45) is 0 Å². The van der Waals surface area contributed by atoms with Gasteiger partial charge in [-0.1, -0.05) is 243 Å². The molecule has 0 saturated carbocycles. The minimum Gasteiger partial charge on any atom is -0.456 e. The maximum atomic E-state index is 6.30. The van der Waals surface area contributed by atoms with E-state index in [0.717, 1.165) is 21.9 Å². The molecule has 0 atom stereocenters. The summed E-state index contributed by atoms with van der Waals surface area (Å²) < 4.78 is 6.30. The lowest BCUT2D eigenvalue weighted by Gasteiger charge is -2.17. The molecule has 0 unspecified atom stereocenters. The first-order valence-corrected chi connectivity index (χ1v) is 26.0. The average molecular weight is 949 g/mol. The van der Waals surface area contributed by atoms with E-state index in [9.17, 15) is 0 Å². The second kappa shape index (κ2) is 16.3. The Hall–Kier alpha value is -9.82. The second-order valence-electron chi connectivity index (χ2n) is 20.2. The molecule has 0 saturated heterocycles. The van der Waals surface area contributed by atoms with Gasteiger partial charge in [-0.25, -0.2) is 0 Å². The van der Waals surface area contributed by atoms with E-state index in [2.05, 4.69) is 267 Å². The molecule has 1 heterocycles. The summed E-state index contributed by atoms with van der Waals surface area (Å²) in [7, 11) is 0. The number of hydrogen-bond acceptors (Lipinski definition) is 1. The molecule has 0 amide bonds. The summed E-state index contributed by atoms with van der Waals surface area (Å²) in [6.45, 7) is 0. The molecular formula is C74H44O. The van der Waals surface area contributed by atoms with Crippen LogP contribution in [0.25, 0.3) is 163 Å². The highest BCUT2D eigenvalue weighted by Gasteiger charge is 2.19. The number of rotatable bonds is 4. The van der Waals surface area contributed by atoms with Crippen molar-refractivity contribution in [1.82, 2.24) is 0 Å². The van der Waals surface area contributed by atoms with Crippen LogP contribution in [0.5, 0.6) is 0 Å². The largest absolute Gasteiger partial charge is 0.456 e. The van der Waals surface area contributed by atoms with Crippen molar-refractivity contribution in [3.8, 4) is 44.5 Å². The summed E-state index contributed by atoms with van der Waals surface area (Å²) in [6, 6.07) is 97.5. The minimum atomic E-state index is 0.920. The summed E-state index contributed by atoms with van der Waals surface area (Å²) in [5, 5.41) is 25.8. The number of furan rings is 1. The molecule has 17 aromatic rings. The van der Waals surface area contributed by atoms with Gasteiger partial charge < -0.3 is 4.42 Å². The van der Waals surface area contributed by atoms with Crippen molar-refractivity contribution >= 4 is 119 Å². The highest BCUT2D eigenvalue weighted by atomic mass is 16.3. The van der Waals surface area contributed by atoms with Crippen LogP contribution < -0.4 is 0 Å². The second-order valence-corrected chi connectivity index (χ2v) is 20.2. The first kappa shape index (κ1) is 41.8. The van der Waals surface area contributed by atoms with Crippen LogP contribution in [0.4, 0.5) is 0 Å². The summed E-state index contributed by atoms with van der Waals surface area (Å²) in [4.78, 5) is 0. The van der Waals surface area contributed by atoms with Crippen LogP contribution in [0.15, 0.2) is 271 Å². The van der Waals surface area contributed by atoms with Crippen molar-refractivity contribution in [3.05, 3.63) is 267 Å². The van der Waals surface area contributed by atoms with E-state index >= 15 is 0 Å². The lowest BCUT2D eigenvalue weighted by Crippen LogP contribution is -1.90. The molecule has 75 heavy (non-hydrogen) atoms. The van der Waals surface area contributed by atoms with Crippen LogP contribution >= 0.6 is 0 Å². The molecule has 0 aliphatic rings. The zero-order valence-electron chi connectivity index (χ0n) is 40.8. The van der Waals surface area contributed by atoms with Crippen LogP contribution in [-0.4, -0.2) is 0 Å². The average Bonchev–Trinajstić information content (AvgIpc) is 3.85. The number of benzene rings is 16. The van der Waals surface area contributed by atoms with Gasteiger partial charge in [-0.05, 0) is 166 Å². The maximum absolute atomic E-state index is 6.30. The van der Waals surface area contributed by atoms with Gasteiger partial charge in [0.05, 0.1) is 0 Å². The Labute approximate surface area is 432 Å². The van der Waals surface area contributed by atoms with Crippen molar-refractivity contribution in [1.29, 1.82) is 0 Å². The standard InChI is InChI=1S/C38H22.C36H22O/c1-3-25-11-13-29-15-19-31(33-21-17-27(5-1)35(25)37(29)33)23-7-9-24(10-8-23)32-20-16-30-14-12-26-4-2-6-28-18-22-34(32)38(30)36(26)28;1-2-10-23(11-3-1)35-27-14-6-8-16-29(27)36(30-17-9-7-15-28(30)35)26-18-19-33-31(21-26)32-20-24-12-4-5-13-25(24)22-34(32)37-33/h1-22H;1-22H. The van der Waals surface area contributed by atoms with Crippen molar-refractivity contribution < 1.29 is 4.42 Å². The molecule has 17 rings (SSSR count). The van der Waals surface area contributed by atoms with Gasteiger partial charge in [0.2, 0.25) is 0 Å². The fourth-order valence-corrected chi connectivity index (χ4v) is 12.8. The van der Waals surface area contributed by atoms with E-state index in [1.54, 1.807) is 0 Å². The fraction of sp³-hybridized carbons (Fsp3) is 0. The molecule has 1 aromatic heterocycles. The van der Waals surface area contributed by atoms with E-state index in [4.69, 9.17) is 4.42 Å². The van der Waals surface area contributed by atoms with E-state index in [1.807, 2.05) is 0 Å². The van der Waals surface area contributed by atoms with Gasteiger partial charge >= 0.3 is 0 Å². The lowest BCUT2D eigenvalue weighted by molar-refractivity contribution is 0.669. The Morgan fingerprint density at radius 1 is 0.187 bits per heavy atom. The highest BCUT2D eigenvalue weighted by Crippen LogP contribution is 2.46. The quantitative estimate of drug-likeness (QED) is 0.127. The highest BCUT2D eigenvalue weighted by molar-refractivity contribution is 6.27. The van der Waals surface area contributed by atoms with Crippen molar-refractivity contribution in [2.45, 2.75) is 0 Å². The predicted octanol–water partition coefficient (Wildman–Crippen LogP) is 21.2. The molecule has 1 heteroatoms. The molecule has 0 N–H and O–H groups in total. The topological polar surface area (TPSA) is 13.1 Å². The maximum Gasteiger partial charge on any atom is 0.136 e. The first-order chi connectivity index (χ1) is 37.2. The molecule has 0 bridgehead atoms. The van der Waals surface area contributed by atoms with Gasteiger partial charge in [0.25, 0.3) is 0 Å². The molecule has 16 aromatic carbocycles. The molecule has 0 radical (unpaired) electrons. The van der Waals surface area contributed by atoms with Gasteiger partial charge in [0.15, 0.2) is 0 Å². The van der Waals surface area contributed by atoms with Crippen LogP contribution in [0.1, 0.15) is 0 Å². The fourth-order valence-electron chi connectivity index (χ4n) is 12.8. The summed E-state index contributed by atoms with van der Waals surface area (Å²) in [6.07, 6.45) is 0. The Kier molecular flexibility index (Phi) is 9.10. The van der Waals surface area contributed by atoms with E-state index in [1.165, 1.54) is 141 Å². The Bertz CT molecular complexity index is 4840. The summed E-state index contributed by atoms with van der Waals surface area (Å²) >= 11 is 0. The Balaban J connectivity index is 0.000000127. The lowest BCUT2D eigenvalue weighted by atomic mass is 9.86. The van der Waals surface area contributed by atoms with Crippen LogP contribution in [-0.2, 0) is 0 Å². The first-order valence-electron chi connectivity index (χ1n) is 26.0. The predicted molar refractivity (Wildman–Crippen MR) is 322 cm³/mol. The third kappa shape index (κ3) is 6.45. The normalized spacial score (nSPS) is 12.0. The molecule has 346 valence electrons. The molecule has 0 fully saturated rings. The van der Waals surface area contributed by atoms with Gasteiger partial charge in [0.1, 0.15) is 11.2 Å². The third-order valence-corrected chi connectivity index (χ3v) is 16.2. The monoisotopic (exact) mass is 948 g/mol. The Morgan fingerprint density at radius 3 is 1.09 bits per heavy atom. The van der Waals surface area contributed by atoms with Gasteiger partial charge in [-0.15, -0.1) is 0 Å². The van der Waals surface area contributed by atoms with Crippen LogP contribution in [0, 0.1) is 0 Å². The van der Waals surface area contributed by atoms with Gasteiger partial charge in [0, 0.05) is 10.8 Å². The van der Waals surface area contributed by atoms with E-state index in [-0.39, 0.29) is 0 Å². The Morgan fingerprint density at radius 2 is 0.573 bits per heavy atom. The molecular weight excluding hydrogens is 905 g/mol. The number of fused-ring (bicyclic) bond motifs is 6. The molecule has 0 spiro atoms. The van der Waals surface area contributed by atoms with Crippen LogP contribution in [0.3, 0.4) is 0 Å². The summed E-state index contributed by atoms with van der Waals surface area (Å²) in [5.41, 5.74) is 11.9. The van der Waals surface area contributed by atoms with E-state index < -0.39 is 0 Å².